The van der Waals surface area contributed by atoms with E-state index in [1.54, 1.807) is 6.07 Å². The summed E-state index contributed by atoms with van der Waals surface area (Å²) in [5.74, 6) is -0.790. The molecule has 2 heterocycles. The molecule has 1 aliphatic rings. The first-order valence-electron chi connectivity index (χ1n) is 9.63. The van der Waals surface area contributed by atoms with E-state index >= 15 is 0 Å². The Morgan fingerprint density at radius 3 is 2.70 bits per heavy atom. The molecule has 4 nitrogen and oxygen atoms in total. The van der Waals surface area contributed by atoms with Crippen LogP contribution in [0.25, 0.3) is 0 Å². The molecule has 0 saturated heterocycles. The normalized spacial score (nSPS) is 13.1. The van der Waals surface area contributed by atoms with Gasteiger partial charge in [-0.3, -0.25) is 9.59 Å². The van der Waals surface area contributed by atoms with Crippen molar-refractivity contribution in [1.82, 2.24) is 0 Å². The van der Waals surface area contributed by atoms with Crippen LogP contribution < -0.4 is 10.2 Å². The van der Waals surface area contributed by atoms with Crippen LogP contribution in [0, 0.1) is 5.82 Å². The highest BCUT2D eigenvalue weighted by molar-refractivity contribution is 8.00. The molecule has 2 aromatic carbocycles. The molecular weight excluding hydrogens is 419 g/mol. The molecule has 0 fully saturated rings. The van der Waals surface area contributed by atoms with Gasteiger partial charge in [0.25, 0.3) is 0 Å². The molecular formula is C23H21FN2O2S2. The fraction of sp³-hybridized carbons (Fsp3) is 0.217. The molecule has 0 unspecified atom stereocenters. The number of halogens is 1. The predicted octanol–water partition coefficient (Wildman–Crippen LogP) is 5.38. The summed E-state index contributed by atoms with van der Waals surface area (Å²) in [7, 11) is 0. The number of thioether (sulfide) groups is 1. The van der Waals surface area contributed by atoms with Crippen molar-refractivity contribution in [2.45, 2.75) is 24.8 Å². The lowest BCUT2D eigenvalue weighted by Crippen LogP contribution is -2.29. The van der Waals surface area contributed by atoms with E-state index in [0.717, 1.165) is 37.0 Å². The molecule has 0 aliphatic carbocycles. The molecule has 0 radical (unpaired) electrons. The number of nitrogens with zero attached hydrogens (tertiary/aromatic N) is 1. The van der Waals surface area contributed by atoms with Gasteiger partial charge < -0.3 is 10.2 Å². The SMILES string of the molecule is CC(=O)c1ccc(SCC(=O)Nc2ccc(N3CCc4sccc4C3)cc2)c(F)c1. The smallest absolute Gasteiger partial charge is 0.234 e. The summed E-state index contributed by atoms with van der Waals surface area (Å²) in [4.78, 5) is 27.7. The van der Waals surface area contributed by atoms with Gasteiger partial charge in [-0.15, -0.1) is 23.1 Å². The third-order valence-corrected chi connectivity index (χ3v) is 7.09. The fourth-order valence-electron chi connectivity index (χ4n) is 3.40. The summed E-state index contributed by atoms with van der Waals surface area (Å²) in [6.07, 6.45) is 1.06. The lowest BCUT2D eigenvalue weighted by molar-refractivity contribution is -0.113. The van der Waals surface area contributed by atoms with E-state index in [2.05, 4.69) is 21.7 Å². The molecule has 1 N–H and O–H groups in total. The number of thiophene rings is 1. The number of carbonyl (C=O) groups is 2. The molecule has 154 valence electrons. The molecule has 30 heavy (non-hydrogen) atoms. The van der Waals surface area contributed by atoms with Gasteiger partial charge in [-0.25, -0.2) is 4.39 Å². The van der Waals surface area contributed by atoms with Crippen molar-refractivity contribution in [2.24, 2.45) is 0 Å². The zero-order valence-electron chi connectivity index (χ0n) is 16.5. The summed E-state index contributed by atoms with van der Waals surface area (Å²) in [5, 5.41) is 5.00. The Bertz CT molecular complexity index is 1080. The Morgan fingerprint density at radius 1 is 1.17 bits per heavy atom. The number of anilines is 2. The quantitative estimate of drug-likeness (QED) is 0.413. The second-order valence-electron chi connectivity index (χ2n) is 7.13. The van der Waals surface area contributed by atoms with Crippen LogP contribution in [0.4, 0.5) is 15.8 Å². The van der Waals surface area contributed by atoms with Gasteiger partial charge in [-0.1, -0.05) is 6.07 Å². The molecule has 0 saturated carbocycles. The highest BCUT2D eigenvalue weighted by Crippen LogP contribution is 2.28. The van der Waals surface area contributed by atoms with Gasteiger partial charge in [0, 0.05) is 39.8 Å². The van der Waals surface area contributed by atoms with Crippen LogP contribution in [0.1, 0.15) is 27.7 Å². The summed E-state index contributed by atoms with van der Waals surface area (Å²) in [5.41, 5.74) is 3.56. The summed E-state index contributed by atoms with van der Waals surface area (Å²) in [6, 6.07) is 14.3. The van der Waals surface area contributed by atoms with Crippen LogP contribution in [0.5, 0.6) is 0 Å². The lowest BCUT2D eigenvalue weighted by Gasteiger charge is -2.29. The number of carbonyl (C=O) groups excluding carboxylic acids is 2. The molecule has 1 aromatic heterocycles. The standard InChI is InChI=1S/C23H21FN2O2S2/c1-15(27)16-2-7-22(20(24)12-16)30-14-23(28)25-18-3-5-19(6-4-18)26-10-8-21-17(13-26)9-11-29-21/h2-7,9,11-12H,8,10,13-14H2,1H3,(H,25,28). The van der Waals surface area contributed by atoms with Crippen molar-refractivity contribution in [1.29, 1.82) is 0 Å². The number of benzene rings is 2. The molecule has 0 atom stereocenters. The number of hydrogen-bond acceptors (Lipinski definition) is 5. The largest absolute Gasteiger partial charge is 0.367 e. The number of hydrogen-bond donors (Lipinski definition) is 1. The van der Waals surface area contributed by atoms with Crippen LogP contribution in [0.2, 0.25) is 0 Å². The third kappa shape index (κ3) is 4.74. The van der Waals surface area contributed by atoms with Crippen molar-refractivity contribution < 1.29 is 14.0 Å². The Labute approximate surface area is 183 Å². The Hall–Kier alpha value is -2.64. The minimum absolute atomic E-state index is 0.0884. The zero-order valence-corrected chi connectivity index (χ0v) is 18.1. The van der Waals surface area contributed by atoms with Gasteiger partial charge in [-0.2, -0.15) is 0 Å². The maximum absolute atomic E-state index is 14.1. The van der Waals surface area contributed by atoms with Crippen LogP contribution in [0.3, 0.4) is 0 Å². The van der Waals surface area contributed by atoms with Crippen LogP contribution in [-0.4, -0.2) is 24.0 Å². The number of amides is 1. The zero-order chi connectivity index (χ0) is 21.1. The van der Waals surface area contributed by atoms with E-state index in [0.29, 0.717) is 16.1 Å². The Morgan fingerprint density at radius 2 is 1.97 bits per heavy atom. The van der Waals surface area contributed by atoms with Crippen molar-refractivity contribution in [2.75, 3.05) is 22.5 Å². The first-order valence-corrected chi connectivity index (χ1v) is 11.5. The summed E-state index contributed by atoms with van der Waals surface area (Å²) >= 11 is 2.93. The minimum Gasteiger partial charge on any atom is -0.367 e. The molecule has 7 heteroatoms. The highest BCUT2D eigenvalue weighted by atomic mass is 32.2. The maximum atomic E-state index is 14.1. The van der Waals surface area contributed by atoms with Crippen LogP contribution in [0.15, 0.2) is 58.8 Å². The van der Waals surface area contributed by atoms with Gasteiger partial charge in [0.1, 0.15) is 5.82 Å². The minimum atomic E-state index is -0.486. The molecule has 3 aromatic rings. The number of ketones is 1. The van der Waals surface area contributed by atoms with E-state index in [9.17, 15) is 14.0 Å². The number of fused-ring (bicyclic) bond motifs is 1. The molecule has 1 amide bonds. The van der Waals surface area contributed by atoms with E-state index in [-0.39, 0.29) is 17.4 Å². The molecule has 1 aliphatic heterocycles. The van der Waals surface area contributed by atoms with Crippen molar-refractivity contribution >= 4 is 46.2 Å². The number of nitrogens with one attached hydrogen (secondary N) is 1. The van der Waals surface area contributed by atoms with Gasteiger partial charge >= 0.3 is 0 Å². The van der Waals surface area contributed by atoms with E-state index in [4.69, 9.17) is 0 Å². The molecule has 4 rings (SSSR count). The second-order valence-corrected chi connectivity index (χ2v) is 9.14. The first-order chi connectivity index (χ1) is 14.5. The second kappa shape index (κ2) is 9.02. The van der Waals surface area contributed by atoms with Gasteiger partial charge in [-0.05, 0) is 66.8 Å². The average Bonchev–Trinajstić information content (AvgIpc) is 3.21. The number of rotatable bonds is 6. The van der Waals surface area contributed by atoms with Crippen molar-refractivity contribution in [3.8, 4) is 0 Å². The van der Waals surface area contributed by atoms with Crippen LogP contribution >= 0.6 is 23.1 Å². The van der Waals surface area contributed by atoms with E-state index in [1.807, 2.05) is 35.6 Å². The molecule has 0 spiro atoms. The van der Waals surface area contributed by atoms with Crippen molar-refractivity contribution in [3.63, 3.8) is 0 Å². The Balaban J connectivity index is 1.31. The number of Topliss-reactive ketones (excluding diaryl/α,β-unsaturated/α-hetero) is 1. The van der Waals surface area contributed by atoms with Gasteiger partial charge in [0.2, 0.25) is 5.91 Å². The highest BCUT2D eigenvalue weighted by Gasteiger charge is 2.17. The Kier molecular flexibility index (Phi) is 6.20. The van der Waals surface area contributed by atoms with Gasteiger partial charge in [0.15, 0.2) is 5.78 Å². The summed E-state index contributed by atoms with van der Waals surface area (Å²) < 4.78 is 14.1. The molecule has 0 bridgehead atoms. The van der Waals surface area contributed by atoms with Crippen LogP contribution in [-0.2, 0) is 17.8 Å². The first kappa shape index (κ1) is 20.6. The van der Waals surface area contributed by atoms with Crippen molar-refractivity contribution in [3.05, 3.63) is 75.7 Å². The maximum Gasteiger partial charge on any atom is 0.234 e. The monoisotopic (exact) mass is 440 g/mol. The van der Waals surface area contributed by atoms with E-state index in [1.165, 1.54) is 29.5 Å². The predicted molar refractivity (Wildman–Crippen MR) is 121 cm³/mol. The van der Waals surface area contributed by atoms with Gasteiger partial charge in [0.05, 0.1) is 5.75 Å². The van der Waals surface area contributed by atoms with E-state index < -0.39 is 5.82 Å². The average molecular weight is 441 g/mol. The fourth-order valence-corrected chi connectivity index (χ4v) is 5.01. The third-order valence-electron chi connectivity index (χ3n) is 5.02. The summed E-state index contributed by atoms with van der Waals surface area (Å²) in [6.45, 7) is 3.30. The topological polar surface area (TPSA) is 49.4 Å². The lowest BCUT2D eigenvalue weighted by atomic mass is 10.1.